The van der Waals surface area contributed by atoms with Gasteiger partial charge in [-0.1, -0.05) is 42.5 Å². The maximum Gasteiger partial charge on any atom is 0.227 e. The SMILES string of the molecule is Cc1cnc(-c2cccc3c2oc2ncccc23)cc1-c1ccccc1. The highest BCUT2D eigenvalue weighted by molar-refractivity contribution is 6.08. The van der Waals surface area contributed by atoms with E-state index in [4.69, 9.17) is 4.42 Å². The third-order valence-corrected chi connectivity index (χ3v) is 4.74. The highest BCUT2D eigenvalue weighted by Crippen LogP contribution is 2.35. The van der Waals surface area contributed by atoms with Crippen molar-refractivity contribution in [2.24, 2.45) is 0 Å². The van der Waals surface area contributed by atoms with Gasteiger partial charge in [0.2, 0.25) is 5.71 Å². The Kier molecular flexibility index (Phi) is 3.32. The van der Waals surface area contributed by atoms with Crippen LogP contribution in [0.25, 0.3) is 44.5 Å². The molecule has 0 aliphatic heterocycles. The zero-order valence-corrected chi connectivity index (χ0v) is 14.3. The zero-order chi connectivity index (χ0) is 17.5. The van der Waals surface area contributed by atoms with Gasteiger partial charge in [0, 0.05) is 28.7 Å². The second kappa shape index (κ2) is 5.81. The summed E-state index contributed by atoms with van der Waals surface area (Å²) in [6, 6.07) is 22.7. The summed E-state index contributed by atoms with van der Waals surface area (Å²) in [5.41, 5.74) is 6.89. The first-order valence-electron chi connectivity index (χ1n) is 8.60. The molecule has 0 aliphatic rings. The fraction of sp³-hybridized carbons (Fsp3) is 0.0435. The standard InChI is InChI=1S/C23H16N2O/c1-15-14-25-21(13-20(15)16-7-3-2-4-8-16)19-10-5-9-17-18-11-6-12-24-23(18)26-22(17)19/h2-14H,1H3. The fourth-order valence-electron chi connectivity index (χ4n) is 3.43. The van der Waals surface area contributed by atoms with Crippen LogP contribution in [0.15, 0.2) is 83.5 Å². The first-order chi connectivity index (χ1) is 12.8. The molecule has 0 radical (unpaired) electrons. The first kappa shape index (κ1) is 14.8. The number of nitrogens with zero attached hydrogens (tertiary/aromatic N) is 2. The Morgan fingerprint density at radius 1 is 0.769 bits per heavy atom. The molecule has 0 amide bonds. The molecule has 0 spiro atoms. The molecule has 0 unspecified atom stereocenters. The zero-order valence-electron chi connectivity index (χ0n) is 14.3. The van der Waals surface area contributed by atoms with Crippen molar-refractivity contribution < 1.29 is 4.42 Å². The molecule has 5 aromatic rings. The Labute approximate surface area is 151 Å². The minimum Gasteiger partial charge on any atom is -0.437 e. The van der Waals surface area contributed by atoms with Crippen molar-refractivity contribution in [1.82, 2.24) is 9.97 Å². The van der Waals surface area contributed by atoms with Gasteiger partial charge in [-0.2, -0.15) is 0 Å². The van der Waals surface area contributed by atoms with Crippen molar-refractivity contribution in [3.05, 3.63) is 84.7 Å². The van der Waals surface area contributed by atoms with E-state index in [1.807, 2.05) is 30.5 Å². The molecular formula is C23H16N2O. The minimum absolute atomic E-state index is 0.658. The van der Waals surface area contributed by atoms with Gasteiger partial charge in [-0.15, -0.1) is 0 Å². The molecule has 5 rings (SSSR count). The molecule has 0 N–H and O–H groups in total. The Balaban J connectivity index is 1.76. The van der Waals surface area contributed by atoms with Gasteiger partial charge in [-0.3, -0.25) is 4.98 Å². The number of aromatic nitrogens is 2. The number of para-hydroxylation sites is 1. The van der Waals surface area contributed by atoms with Crippen LogP contribution < -0.4 is 0 Å². The molecule has 2 aromatic carbocycles. The number of rotatable bonds is 2. The Morgan fingerprint density at radius 3 is 2.50 bits per heavy atom. The van der Waals surface area contributed by atoms with E-state index in [0.29, 0.717) is 5.71 Å². The van der Waals surface area contributed by atoms with Crippen LogP contribution in [0.1, 0.15) is 5.56 Å². The molecule has 0 saturated carbocycles. The highest BCUT2D eigenvalue weighted by Gasteiger charge is 2.14. The molecule has 0 aliphatic carbocycles. The van der Waals surface area contributed by atoms with Crippen molar-refractivity contribution in [3.63, 3.8) is 0 Å². The Bertz CT molecular complexity index is 1240. The molecular weight excluding hydrogens is 320 g/mol. The maximum absolute atomic E-state index is 6.06. The van der Waals surface area contributed by atoms with Crippen LogP contribution in [0, 0.1) is 6.92 Å². The summed E-state index contributed by atoms with van der Waals surface area (Å²) in [6.45, 7) is 2.09. The van der Waals surface area contributed by atoms with Crippen LogP contribution >= 0.6 is 0 Å². The number of pyridine rings is 2. The molecule has 0 atom stereocenters. The number of hydrogen-bond acceptors (Lipinski definition) is 3. The summed E-state index contributed by atoms with van der Waals surface area (Å²) in [4.78, 5) is 9.02. The summed E-state index contributed by atoms with van der Waals surface area (Å²) < 4.78 is 6.06. The van der Waals surface area contributed by atoms with Gasteiger partial charge in [0.25, 0.3) is 0 Å². The second-order valence-corrected chi connectivity index (χ2v) is 6.39. The molecule has 3 aromatic heterocycles. The molecule has 0 fully saturated rings. The van der Waals surface area contributed by atoms with Gasteiger partial charge in [0.15, 0.2) is 0 Å². The number of hydrogen-bond donors (Lipinski definition) is 0. The van der Waals surface area contributed by atoms with E-state index in [1.165, 1.54) is 11.1 Å². The molecule has 3 heterocycles. The summed E-state index contributed by atoms with van der Waals surface area (Å²) in [5, 5.41) is 2.09. The molecule has 3 heteroatoms. The van der Waals surface area contributed by atoms with Gasteiger partial charge >= 0.3 is 0 Å². The van der Waals surface area contributed by atoms with E-state index in [1.54, 1.807) is 6.20 Å². The predicted octanol–water partition coefficient (Wildman–Crippen LogP) is 6.02. The minimum atomic E-state index is 0.658. The van der Waals surface area contributed by atoms with Crippen LogP contribution in [0.5, 0.6) is 0 Å². The normalized spacial score (nSPS) is 11.3. The molecule has 124 valence electrons. The molecule has 26 heavy (non-hydrogen) atoms. The van der Waals surface area contributed by atoms with E-state index >= 15 is 0 Å². The third kappa shape index (κ3) is 2.29. The van der Waals surface area contributed by atoms with Crippen LogP contribution in [0.2, 0.25) is 0 Å². The van der Waals surface area contributed by atoms with Crippen molar-refractivity contribution >= 4 is 22.1 Å². The lowest BCUT2D eigenvalue weighted by Gasteiger charge is -2.09. The number of aryl methyl sites for hydroxylation is 1. The Hall–Kier alpha value is -3.46. The topological polar surface area (TPSA) is 38.9 Å². The van der Waals surface area contributed by atoms with E-state index in [-0.39, 0.29) is 0 Å². The van der Waals surface area contributed by atoms with Crippen LogP contribution in [0.3, 0.4) is 0 Å². The van der Waals surface area contributed by atoms with Crippen LogP contribution in [0.4, 0.5) is 0 Å². The smallest absolute Gasteiger partial charge is 0.227 e. The van der Waals surface area contributed by atoms with E-state index in [2.05, 4.69) is 59.4 Å². The van der Waals surface area contributed by atoms with E-state index < -0.39 is 0 Å². The van der Waals surface area contributed by atoms with Crippen LogP contribution in [-0.4, -0.2) is 9.97 Å². The van der Waals surface area contributed by atoms with Gasteiger partial charge in [-0.25, -0.2) is 4.98 Å². The Morgan fingerprint density at radius 2 is 1.62 bits per heavy atom. The average Bonchev–Trinajstić information content (AvgIpc) is 3.08. The summed E-state index contributed by atoms with van der Waals surface area (Å²) >= 11 is 0. The molecule has 0 saturated heterocycles. The van der Waals surface area contributed by atoms with Crippen molar-refractivity contribution in [2.75, 3.05) is 0 Å². The number of fused-ring (bicyclic) bond motifs is 3. The second-order valence-electron chi connectivity index (χ2n) is 6.39. The van der Waals surface area contributed by atoms with Gasteiger partial charge < -0.3 is 4.42 Å². The lowest BCUT2D eigenvalue weighted by atomic mass is 9.99. The monoisotopic (exact) mass is 336 g/mol. The summed E-state index contributed by atoms with van der Waals surface area (Å²) in [7, 11) is 0. The summed E-state index contributed by atoms with van der Waals surface area (Å²) in [5.74, 6) is 0. The van der Waals surface area contributed by atoms with E-state index in [9.17, 15) is 0 Å². The molecule has 3 nitrogen and oxygen atoms in total. The van der Waals surface area contributed by atoms with Crippen molar-refractivity contribution in [3.8, 4) is 22.4 Å². The predicted molar refractivity (Wildman–Crippen MR) is 105 cm³/mol. The lowest BCUT2D eigenvalue weighted by Crippen LogP contribution is -1.90. The van der Waals surface area contributed by atoms with Crippen molar-refractivity contribution in [1.29, 1.82) is 0 Å². The largest absolute Gasteiger partial charge is 0.437 e. The number of benzene rings is 2. The van der Waals surface area contributed by atoms with Gasteiger partial charge in [0.05, 0.1) is 5.69 Å². The van der Waals surface area contributed by atoms with Crippen LogP contribution in [-0.2, 0) is 0 Å². The van der Waals surface area contributed by atoms with Crippen molar-refractivity contribution in [2.45, 2.75) is 6.92 Å². The molecule has 0 bridgehead atoms. The summed E-state index contributed by atoms with van der Waals surface area (Å²) in [6.07, 6.45) is 3.68. The quantitative estimate of drug-likeness (QED) is 0.396. The lowest BCUT2D eigenvalue weighted by molar-refractivity contribution is 0.655. The van der Waals surface area contributed by atoms with E-state index in [0.717, 1.165) is 33.2 Å². The van der Waals surface area contributed by atoms with Gasteiger partial charge in [0.1, 0.15) is 5.58 Å². The average molecular weight is 336 g/mol. The highest BCUT2D eigenvalue weighted by atomic mass is 16.3. The van der Waals surface area contributed by atoms with Gasteiger partial charge in [-0.05, 0) is 47.9 Å². The fourth-order valence-corrected chi connectivity index (χ4v) is 3.43. The third-order valence-electron chi connectivity index (χ3n) is 4.74. The number of furan rings is 1. The maximum atomic E-state index is 6.06. The first-order valence-corrected chi connectivity index (χ1v) is 8.60.